The van der Waals surface area contributed by atoms with Crippen LogP contribution in [0.15, 0.2) is 83.3 Å². The second-order valence-corrected chi connectivity index (χ2v) is 9.30. The van der Waals surface area contributed by atoms with Crippen molar-refractivity contribution in [3.8, 4) is 11.3 Å². The van der Waals surface area contributed by atoms with Crippen LogP contribution in [0, 0.1) is 0 Å². The fraction of sp³-hybridized carbons (Fsp3) is 0.214. The number of halogens is 1. The molecule has 1 aliphatic heterocycles. The number of anilines is 1. The fourth-order valence-electron chi connectivity index (χ4n) is 4.41. The van der Waals surface area contributed by atoms with Crippen molar-refractivity contribution in [3.63, 3.8) is 0 Å². The summed E-state index contributed by atoms with van der Waals surface area (Å²) in [5.41, 5.74) is 5.90. The third-order valence-electron chi connectivity index (χ3n) is 6.35. The number of carbonyl (C=O) groups excluding carboxylic acids is 1. The number of piperazine rings is 1. The van der Waals surface area contributed by atoms with Crippen molar-refractivity contribution in [2.45, 2.75) is 13.3 Å². The molecule has 5 rings (SSSR count). The minimum atomic E-state index is 0.0691. The predicted molar refractivity (Wildman–Crippen MR) is 139 cm³/mol. The number of hydrogen-bond acceptors (Lipinski definition) is 3. The van der Waals surface area contributed by atoms with Gasteiger partial charge in [-0.15, -0.1) is 0 Å². The first kappa shape index (κ1) is 21.7. The lowest BCUT2D eigenvalue weighted by Gasteiger charge is -2.36. The Bertz CT molecular complexity index is 1280. The van der Waals surface area contributed by atoms with Gasteiger partial charge in [-0.05, 0) is 48.4 Å². The lowest BCUT2D eigenvalue weighted by molar-refractivity contribution is 0.0748. The van der Waals surface area contributed by atoms with Crippen LogP contribution in [0.25, 0.3) is 22.2 Å². The zero-order valence-corrected chi connectivity index (χ0v) is 20.3. The van der Waals surface area contributed by atoms with Gasteiger partial charge in [0.15, 0.2) is 0 Å². The zero-order chi connectivity index (χ0) is 22.8. The zero-order valence-electron chi connectivity index (χ0n) is 18.7. The van der Waals surface area contributed by atoms with Gasteiger partial charge in [0.1, 0.15) is 0 Å². The van der Waals surface area contributed by atoms with Crippen LogP contribution in [0.2, 0.25) is 0 Å². The summed E-state index contributed by atoms with van der Waals surface area (Å²) >= 11 is 3.57. The van der Waals surface area contributed by atoms with Gasteiger partial charge in [0.2, 0.25) is 0 Å². The summed E-state index contributed by atoms with van der Waals surface area (Å²) in [5.74, 6) is 0.0691. The first-order valence-corrected chi connectivity index (χ1v) is 12.2. The van der Waals surface area contributed by atoms with E-state index in [4.69, 9.17) is 4.98 Å². The van der Waals surface area contributed by atoms with Crippen LogP contribution in [-0.4, -0.2) is 42.0 Å². The van der Waals surface area contributed by atoms with Gasteiger partial charge in [-0.2, -0.15) is 0 Å². The molecule has 1 amide bonds. The van der Waals surface area contributed by atoms with Crippen molar-refractivity contribution < 1.29 is 4.79 Å². The van der Waals surface area contributed by atoms with Gasteiger partial charge in [-0.3, -0.25) is 4.79 Å². The molecule has 33 heavy (non-hydrogen) atoms. The van der Waals surface area contributed by atoms with Crippen molar-refractivity contribution in [2.24, 2.45) is 0 Å². The molecule has 0 radical (unpaired) electrons. The highest BCUT2D eigenvalue weighted by molar-refractivity contribution is 9.10. The highest BCUT2D eigenvalue weighted by atomic mass is 79.9. The number of nitrogens with zero attached hydrogens (tertiary/aromatic N) is 3. The predicted octanol–water partition coefficient (Wildman–Crippen LogP) is 6.19. The molecule has 1 fully saturated rings. The van der Waals surface area contributed by atoms with Gasteiger partial charge in [0, 0.05) is 47.3 Å². The van der Waals surface area contributed by atoms with Crippen LogP contribution >= 0.6 is 15.9 Å². The molecule has 1 aromatic heterocycles. The van der Waals surface area contributed by atoms with Crippen LogP contribution in [0.1, 0.15) is 22.8 Å². The Balaban J connectivity index is 1.47. The molecular formula is C28H26BrN3O. The molecule has 0 bridgehead atoms. The summed E-state index contributed by atoms with van der Waals surface area (Å²) in [6.07, 6.45) is 0.998. The minimum absolute atomic E-state index is 0.0691. The van der Waals surface area contributed by atoms with Crippen LogP contribution in [0.5, 0.6) is 0 Å². The Morgan fingerprint density at radius 3 is 2.33 bits per heavy atom. The van der Waals surface area contributed by atoms with Gasteiger partial charge in [-0.25, -0.2) is 4.98 Å². The standard InChI is InChI=1S/C28H26BrN3O/c1-2-20-8-10-21(11-9-20)27-19-25(24-18-22(29)12-13-26(24)30-27)28(33)32-16-14-31(15-17-32)23-6-4-3-5-7-23/h3-13,18-19H,2,14-17H2,1H3. The van der Waals surface area contributed by atoms with Gasteiger partial charge < -0.3 is 9.80 Å². The van der Waals surface area contributed by atoms with E-state index < -0.39 is 0 Å². The average Bonchev–Trinajstić information content (AvgIpc) is 2.88. The number of hydrogen-bond donors (Lipinski definition) is 0. The van der Waals surface area contributed by atoms with E-state index in [1.54, 1.807) is 0 Å². The molecule has 0 spiro atoms. The molecule has 1 aliphatic rings. The second kappa shape index (κ2) is 9.36. The third-order valence-corrected chi connectivity index (χ3v) is 6.84. The third kappa shape index (κ3) is 4.51. The first-order valence-electron chi connectivity index (χ1n) is 11.4. The SMILES string of the molecule is CCc1ccc(-c2cc(C(=O)N3CCN(c4ccccc4)CC3)c3cc(Br)ccc3n2)cc1. The minimum Gasteiger partial charge on any atom is -0.368 e. The quantitative estimate of drug-likeness (QED) is 0.335. The molecule has 0 atom stereocenters. The number of aryl methyl sites for hydroxylation is 1. The lowest BCUT2D eigenvalue weighted by Crippen LogP contribution is -2.48. The second-order valence-electron chi connectivity index (χ2n) is 8.38. The number of rotatable bonds is 4. The van der Waals surface area contributed by atoms with E-state index in [1.165, 1.54) is 11.3 Å². The highest BCUT2D eigenvalue weighted by Crippen LogP contribution is 2.29. The number of carbonyl (C=O) groups is 1. The molecule has 4 nitrogen and oxygen atoms in total. The largest absolute Gasteiger partial charge is 0.368 e. The number of benzene rings is 3. The van der Waals surface area contributed by atoms with Crippen molar-refractivity contribution in [1.29, 1.82) is 0 Å². The van der Waals surface area contributed by atoms with Crippen LogP contribution in [0.3, 0.4) is 0 Å². The molecule has 4 aromatic rings. The summed E-state index contributed by atoms with van der Waals surface area (Å²) in [5, 5.41) is 0.883. The topological polar surface area (TPSA) is 36.4 Å². The maximum Gasteiger partial charge on any atom is 0.254 e. The van der Waals surface area contributed by atoms with Gasteiger partial charge >= 0.3 is 0 Å². The van der Waals surface area contributed by atoms with E-state index >= 15 is 0 Å². The molecule has 5 heteroatoms. The molecule has 1 saturated heterocycles. The molecule has 0 unspecified atom stereocenters. The summed E-state index contributed by atoms with van der Waals surface area (Å²) in [6, 6.07) is 26.8. The number of pyridine rings is 1. The van der Waals surface area contributed by atoms with E-state index in [1.807, 2.05) is 35.2 Å². The molecule has 0 N–H and O–H groups in total. The Morgan fingerprint density at radius 1 is 0.909 bits per heavy atom. The number of para-hydroxylation sites is 1. The van der Waals surface area contributed by atoms with Gasteiger partial charge in [0.25, 0.3) is 5.91 Å². The molecular weight excluding hydrogens is 474 g/mol. The lowest BCUT2D eigenvalue weighted by atomic mass is 10.0. The van der Waals surface area contributed by atoms with Crippen molar-refractivity contribution in [2.75, 3.05) is 31.1 Å². The van der Waals surface area contributed by atoms with E-state index in [0.717, 1.165) is 46.1 Å². The van der Waals surface area contributed by atoms with Crippen molar-refractivity contribution in [3.05, 3.63) is 94.5 Å². The van der Waals surface area contributed by atoms with E-state index in [0.29, 0.717) is 18.7 Å². The Kier molecular flexibility index (Phi) is 6.14. The van der Waals surface area contributed by atoms with Crippen LogP contribution in [0.4, 0.5) is 5.69 Å². The number of amides is 1. The van der Waals surface area contributed by atoms with E-state index in [2.05, 4.69) is 76.3 Å². The van der Waals surface area contributed by atoms with Crippen LogP contribution < -0.4 is 4.90 Å². The molecule has 3 aromatic carbocycles. The Morgan fingerprint density at radius 2 is 1.64 bits per heavy atom. The number of aromatic nitrogens is 1. The fourth-order valence-corrected chi connectivity index (χ4v) is 4.77. The average molecular weight is 500 g/mol. The van der Waals surface area contributed by atoms with Crippen LogP contribution in [-0.2, 0) is 6.42 Å². The monoisotopic (exact) mass is 499 g/mol. The maximum absolute atomic E-state index is 13.7. The molecule has 0 aliphatic carbocycles. The number of fused-ring (bicyclic) bond motifs is 1. The summed E-state index contributed by atoms with van der Waals surface area (Å²) in [4.78, 5) is 22.9. The Hall–Kier alpha value is -3.18. The summed E-state index contributed by atoms with van der Waals surface area (Å²) < 4.78 is 0.944. The Labute approximate surface area is 203 Å². The molecule has 0 saturated carbocycles. The summed E-state index contributed by atoms with van der Waals surface area (Å²) in [6.45, 7) is 5.20. The van der Waals surface area contributed by atoms with E-state index in [9.17, 15) is 4.79 Å². The smallest absolute Gasteiger partial charge is 0.254 e. The maximum atomic E-state index is 13.7. The van der Waals surface area contributed by atoms with Gasteiger partial charge in [0.05, 0.1) is 16.8 Å². The molecule has 2 heterocycles. The van der Waals surface area contributed by atoms with E-state index in [-0.39, 0.29) is 5.91 Å². The van der Waals surface area contributed by atoms with Crippen molar-refractivity contribution in [1.82, 2.24) is 9.88 Å². The highest BCUT2D eigenvalue weighted by Gasteiger charge is 2.24. The van der Waals surface area contributed by atoms with Crippen molar-refractivity contribution >= 4 is 38.4 Å². The summed E-state index contributed by atoms with van der Waals surface area (Å²) in [7, 11) is 0. The first-order chi connectivity index (χ1) is 16.1. The molecule has 166 valence electrons. The normalized spacial score (nSPS) is 14.0. The van der Waals surface area contributed by atoms with Gasteiger partial charge in [-0.1, -0.05) is 65.3 Å².